The van der Waals surface area contributed by atoms with E-state index in [0.29, 0.717) is 18.0 Å². The van der Waals surface area contributed by atoms with Crippen LogP contribution in [0.5, 0.6) is 0 Å². The highest BCUT2D eigenvalue weighted by Gasteiger charge is 2.27. The number of hydrogen-bond acceptors (Lipinski definition) is 7. The van der Waals surface area contributed by atoms with Crippen molar-refractivity contribution in [2.45, 2.75) is 25.3 Å². The molecule has 27 heavy (non-hydrogen) atoms. The summed E-state index contributed by atoms with van der Waals surface area (Å²) in [6, 6.07) is 5.54. The van der Waals surface area contributed by atoms with Gasteiger partial charge in [0, 0.05) is 31.7 Å². The summed E-state index contributed by atoms with van der Waals surface area (Å²) in [7, 11) is -3.11. The molecule has 0 bridgehead atoms. The topological polar surface area (TPSA) is 105 Å². The van der Waals surface area contributed by atoms with Crippen LogP contribution in [0.25, 0.3) is 10.6 Å². The zero-order valence-corrected chi connectivity index (χ0v) is 16.8. The zero-order chi connectivity index (χ0) is 19.3. The number of rotatable bonds is 10. The lowest BCUT2D eigenvalue weighted by molar-refractivity contribution is 0.0943. The van der Waals surface area contributed by atoms with Crippen molar-refractivity contribution in [2.75, 3.05) is 32.4 Å². The molecule has 3 rings (SSSR count). The molecule has 0 radical (unpaired) electrons. The van der Waals surface area contributed by atoms with Crippen LogP contribution < -0.4 is 10.0 Å². The van der Waals surface area contributed by atoms with Crippen molar-refractivity contribution in [1.29, 1.82) is 0 Å². The van der Waals surface area contributed by atoms with Crippen molar-refractivity contribution in [2.24, 2.45) is 0 Å². The van der Waals surface area contributed by atoms with Crippen LogP contribution in [0, 0.1) is 0 Å². The molecule has 1 amide bonds. The zero-order valence-electron chi connectivity index (χ0n) is 15.2. The Morgan fingerprint density at radius 2 is 2.19 bits per heavy atom. The van der Waals surface area contributed by atoms with E-state index < -0.39 is 10.0 Å². The quantitative estimate of drug-likeness (QED) is 0.574. The number of unbranched alkanes of at least 4 members (excludes halogenated alkanes) is 2. The summed E-state index contributed by atoms with van der Waals surface area (Å²) in [6.07, 6.45) is 4.10. The number of nitrogens with one attached hydrogen (secondary N) is 2. The molecule has 0 unspecified atom stereocenters. The Labute approximate surface area is 163 Å². The van der Waals surface area contributed by atoms with Gasteiger partial charge in [0.15, 0.2) is 11.5 Å². The van der Waals surface area contributed by atoms with E-state index in [0.717, 1.165) is 43.8 Å². The first-order chi connectivity index (χ1) is 12.9. The maximum atomic E-state index is 12.1. The van der Waals surface area contributed by atoms with Crippen molar-refractivity contribution in [3.8, 4) is 10.6 Å². The van der Waals surface area contributed by atoms with Crippen molar-refractivity contribution in [3.63, 3.8) is 0 Å². The van der Waals surface area contributed by atoms with E-state index in [1.165, 1.54) is 17.6 Å². The molecule has 8 nitrogen and oxygen atoms in total. The minimum atomic E-state index is -3.11. The fourth-order valence-electron chi connectivity index (χ4n) is 2.98. The van der Waals surface area contributed by atoms with Crippen LogP contribution in [-0.2, 0) is 10.0 Å². The standard InChI is InChI=1S/C17H24N4O4S2/c1-27(23,24)20-13-11-21(12-13)8-4-2-3-7-18-17(22)14-10-15(25-19-14)16-6-5-9-26-16/h5-6,9-10,13,20H,2-4,7-8,11-12H2,1H3,(H,18,22). The lowest BCUT2D eigenvalue weighted by Crippen LogP contribution is -2.58. The Balaban J connectivity index is 1.25. The Morgan fingerprint density at radius 3 is 2.89 bits per heavy atom. The van der Waals surface area contributed by atoms with Gasteiger partial charge < -0.3 is 14.7 Å². The third kappa shape index (κ3) is 6.13. The van der Waals surface area contributed by atoms with E-state index in [2.05, 4.69) is 20.1 Å². The van der Waals surface area contributed by atoms with Gasteiger partial charge in [-0.05, 0) is 30.8 Å². The smallest absolute Gasteiger partial charge is 0.273 e. The Hall–Kier alpha value is -1.75. The summed E-state index contributed by atoms with van der Waals surface area (Å²) < 4.78 is 30.1. The molecule has 148 valence electrons. The molecule has 0 spiro atoms. The molecule has 0 aromatic carbocycles. The van der Waals surface area contributed by atoms with Gasteiger partial charge in [-0.2, -0.15) is 0 Å². The predicted molar refractivity (Wildman–Crippen MR) is 104 cm³/mol. The minimum absolute atomic E-state index is 0.0424. The summed E-state index contributed by atoms with van der Waals surface area (Å²) in [5.41, 5.74) is 0.295. The molecule has 10 heteroatoms. The highest BCUT2D eigenvalue weighted by Crippen LogP contribution is 2.25. The lowest BCUT2D eigenvalue weighted by atomic mass is 10.1. The molecular weight excluding hydrogens is 388 g/mol. The first-order valence-electron chi connectivity index (χ1n) is 8.89. The number of hydrogen-bond donors (Lipinski definition) is 2. The van der Waals surface area contributed by atoms with Crippen LogP contribution in [-0.4, -0.2) is 62.9 Å². The molecule has 0 atom stereocenters. The Bertz CT molecular complexity index is 842. The predicted octanol–water partition coefficient (Wildman–Crippen LogP) is 1.54. The molecule has 2 aromatic rings. The first-order valence-corrected chi connectivity index (χ1v) is 11.7. The van der Waals surface area contributed by atoms with Crippen molar-refractivity contribution >= 4 is 27.3 Å². The summed E-state index contributed by atoms with van der Waals surface area (Å²) in [5, 5.41) is 8.63. The average molecular weight is 413 g/mol. The largest absolute Gasteiger partial charge is 0.355 e. The number of thiophene rings is 1. The van der Waals surface area contributed by atoms with Crippen LogP contribution in [0.4, 0.5) is 0 Å². The molecule has 0 aliphatic carbocycles. The third-order valence-corrected chi connectivity index (χ3v) is 5.93. The molecular formula is C17H24N4O4S2. The number of amides is 1. The third-order valence-electron chi connectivity index (χ3n) is 4.28. The van der Waals surface area contributed by atoms with E-state index in [1.807, 2.05) is 17.5 Å². The Morgan fingerprint density at radius 1 is 1.37 bits per heavy atom. The van der Waals surface area contributed by atoms with Crippen molar-refractivity contribution < 1.29 is 17.7 Å². The van der Waals surface area contributed by atoms with Gasteiger partial charge >= 0.3 is 0 Å². The van der Waals surface area contributed by atoms with Crippen LogP contribution in [0.15, 0.2) is 28.1 Å². The van der Waals surface area contributed by atoms with E-state index in [1.54, 1.807) is 6.07 Å². The van der Waals surface area contributed by atoms with Gasteiger partial charge in [0.25, 0.3) is 5.91 Å². The normalized spacial score (nSPS) is 15.6. The van der Waals surface area contributed by atoms with E-state index in [4.69, 9.17) is 4.52 Å². The maximum absolute atomic E-state index is 12.1. The fourth-order valence-corrected chi connectivity index (χ4v) is 4.40. The SMILES string of the molecule is CS(=O)(=O)NC1CN(CCCCCNC(=O)c2cc(-c3cccs3)on2)C1. The lowest BCUT2D eigenvalue weighted by Gasteiger charge is -2.39. The fraction of sp³-hybridized carbons (Fsp3) is 0.529. The summed E-state index contributed by atoms with van der Waals surface area (Å²) >= 11 is 1.54. The second-order valence-corrected chi connectivity index (χ2v) is 9.44. The number of carbonyl (C=O) groups is 1. The minimum Gasteiger partial charge on any atom is -0.355 e. The van der Waals surface area contributed by atoms with Gasteiger partial charge in [0.1, 0.15) is 0 Å². The summed E-state index contributed by atoms with van der Waals surface area (Å²) in [6.45, 7) is 3.08. The molecule has 1 aliphatic heterocycles. The molecule has 2 aromatic heterocycles. The van der Waals surface area contributed by atoms with Crippen LogP contribution in [0.3, 0.4) is 0 Å². The molecule has 3 heterocycles. The van der Waals surface area contributed by atoms with Gasteiger partial charge in [0.2, 0.25) is 10.0 Å². The highest BCUT2D eigenvalue weighted by molar-refractivity contribution is 7.88. The van der Waals surface area contributed by atoms with Gasteiger partial charge in [0.05, 0.1) is 11.1 Å². The van der Waals surface area contributed by atoms with Crippen LogP contribution >= 0.6 is 11.3 Å². The number of aromatic nitrogens is 1. The molecule has 1 saturated heterocycles. The molecule has 1 aliphatic rings. The van der Waals surface area contributed by atoms with Gasteiger partial charge in [-0.25, -0.2) is 13.1 Å². The average Bonchev–Trinajstić information content (AvgIpc) is 3.24. The number of likely N-dealkylation sites (tertiary alicyclic amines) is 1. The van der Waals surface area contributed by atoms with Crippen molar-refractivity contribution in [1.82, 2.24) is 20.1 Å². The Kier molecular flexibility index (Phi) is 6.64. The second-order valence-electron chi connectivity index (χ2n) is 6.72. The maximum Gasteiger partial charge on any atom is 0.273 e. The number of carbonyl (C=O) groups excluding carboxylic acids is 1. The monoisotopic (exact) mass is 412 g/mol. The molecule has 2 N–H and O–H groups in total. The summed E-state index contributed by atoms with van der Waals surface area (Å²) in [4.78, 5) is 15.3. The number of sulfonamides is 1. The number of nitrogens with zero attached hydrogens (tertiary/aromatic N) is 2. The van der Waals surface area contributed by atoms with Crippen molar-refractivity contribution in [3.05, 3.63) is 29.3 Å². The van der Waals surface area contributed by atoms with Crippen LogP contribution in [0.2, 0.25) is 0 Å². The van der Waals surface area contributed by atoms with Crippen LogP contribution in [0.1, 0.15) is 29.8 Å². The van der Waals surface area contributed by atoms with Gasteiger partial charge in [-0.3, -0.25) is 4.79 Å². The second kappa shape index (κ2) is 8.96. The van der Waals surface area contributed by atoms with E-state index in [9.17, 15) is 13.2 Å². The molecule has 1 fully saturated rings. The van der Waals surface area contributed by atoms with Gasteiger partial charge in [-0.1, -0.05) is 17.6 Å². The van der Waals surface area contributed by atoms with E-state index >= 15 is 0 Å². The highest BCUT2D eigenvalue weighted by atomic mass is 32.2. The summed E-state index contributed by atoms with van der Waals surface area (Å²) in [5.74, 6) is 0.382. The van der Waals surface area contributed by atoms with Gasteiger partial charge in [-0.15, -0.1) is 11.3 Å². The van der Waals surface area contributed by atoms with E-state index in [-0.39, 0.29) is 11.9 Å². The first kappa shape index (κ1) is 20.0. The molecule has 0 saturated carbocycles.